The second kappa shape index (κ2) is 5.58. The highest BCUT2D eigenvalue weighted by Gasteiger charge is 2.19. The van der Waals surface area contributed by atoms with Crippen molar-refractivity contribution in [1.29, 1.82) is 0 Å². The molecular weight excluding hydrogens is 304 g/mol. The van der Waals surface area contributed by atoms with Crippen LogP contribution in [-0.4, -0.2) is 21.4 Å². The van der Waals surface area contributed by atoms with Crippen LogP contribution in [0.2, 0.25) is 0 Å². The van der Waals surface area contributed by atoms with Gasteiger partial charge in [-0.3, -0.25) is 20.1 Å². The van der Waals surface area contributed by atoms with Crippen LogP contribution in [0.3, 0.4) is 0 Å². The fraction of sp³-hybridized carbons (Fsp3) is 0. The highest BCUT2D eigenvalue weighted by atomic mass is 16.6. The molecule has 0 spiro atoms. The van der Waals surface area contributed by atoms with Crippen molar-refractivity contribution in [1.82, 2.24) is 4.57 Å². The summed E-state index contributed by atoms with van der Waals surface area (Å²) in [6.07, 6.45) is 11.2. The Morgan fingerprint density at radius 1 is 1.08 bits per heavy atom. The van der Waals surface area contributed by atoms with Crippen molar-refractivity contribution < 1.29 is 4.92 Å². The summed E-state index contributed by atoms with van der Waals surface area (Å²) in [5, 5.41) is 10.8. The molecule has 0 bridgehead atoms. The smallest absolute Gasteiger partial charge is 0.269 e. The van der Waals surface area contributed by atoms with E-state index in [0.29, 0.717) is 0 Å². The molecule has 116 valence electrons. The Morgan fingerprint density at radius 2 is 1.92 bits per heavy atom. The molecule has 0 N–H and O–H groups in total. The lowest BCUT2D eigenvalue weighted by atomic mass is 10.1. The van der Waals surface area contributed by atoms with Gasteiger partial charge in [-0.15, -0.1) is 0 Å². The summed E-state index contributed by atoms with van der Waals surface area (Å²) in [7, 11) is 0. The molecule has 2 aliphatic heterocycles. The normalized spacial score (nSPS) is 18.4. The number of benzene rings is 1. The van der Waals surface area contributed by atoms with Crippen molar-refractivity contribution in [3.8, 4) is 5.69 Å². The average Bonchev–Trinajstić information content (AvgIpc) is 3.33. The Labute approximate surface area is 137 Å². The van der Waals surface area contributed by atoms with Gasteiger partial charge in [0.15, 0.2) is 0 Å². The Hall–Kier alpha value is -3.54. The third-order valence-corrected chi connectivity index (χ3v) is 3.86. The quantitative estimate of drug-likeness (QED) is 0.641. The summed E-state index contributed by atoms with van der Waals surface area (Å²) in [5.41, 5.74) is 4.48. The van der Waals surface area contributed by atoms with Crippen LogP contribution in [0.5, 0.6) is 0 Å². The summed E-state index contributed by atoms with van der Waals surface area (Å²) < 4.78 is 1.96. The van der Waals surface area contributed by atoms with E-state index in [9.17, 15) is 10.1 Å². The second-order valence-corrected chi connectivity index (χ2v) is 5.27. The number of non-ortho nitro benzene ring substituents is 1. The topological polar surface area (TPSA) is 72.8 Å². The van der Waals surface area contributed by atoms with E-state index in [1.807, 2.05) is 41.1 Å². The number of aliphatic imine (C=N–C) groups is 2. The minimum atomic E-state index is -0.404. The van der Waals surface area contributed by atoms with Gasteiger partial charge in [0, 0.05) is 42.0 Å². The van der Waals surface area contributed by atoms with E-state index in [0.717, 1.165) is 28.4 Å². The standard InChI is InChI=1S/C18H12N4O2/c23-22(24)14-7-5-13(6-8-14)21-12-2-4-17(21)18-15(9-11-20-18)16-3-1-10-19-16/h1-12H. The van der Waals surface area contributed by atoms with Crippen molar-refractivity contribution >= 4 is 17.6 Å². The monoisotopic (exact) mass is 316 g/mol. The molecule has 0 unspecified atom stereocenters. The maximum Gasteiger partial charge on any atom is 0.269 e. The summed E-state index contributed by atoms with van der Waals surface area (Å²) in [6, 6.07) is 10.3. The minimum Gasteiger partial charge on any atom is -0.315 e. The molecule has 0 fully saturated rings. The zero-order chi connectivity index (χ0) is 16.5. The molecule has 0 radical (unpaired) electrons. The summed E-state index contributed by atoms with van der Waals surface area (Å²) in [5.74, 6) is 0. The number of nitrogens with zero attached hydrogens (tertiary/aromatic N) is 4. The Bertz CT molecular complexity index is 959. The molecule has 24 heavy (non-hydrogen) atoms. The molecular formula is C18H12N4O2. The fourth-order valence-electron chi connectivity index (χ4n) is 2.74. The number of nitro groups is 1. The first-order valence-corrected chi connectivity index (χ1v) is 7.36. The second-order valence-electron chi connectivity index (χ2n) is 5.27. The van der Waals surface area contributed by atoms with E-state index in [1.165, 1.54) is 12.1 Å². The first-order valence-electron chi connectivity index (χ1n) is 7.36. The highest BCUT2D eigenvalue weighted by molar-refractivity contribution is 6.16. The number of aromatic nitrogens is 1. The molecule has 1 aromatic heterocycles. The van der Waals surface area contributed by atoms with Gasteiger partial charge < -0.3 is 4.57 Å². The maximum atomic E-state index is 10.8. The van der Waals surface area contributed by atoms with Crippen LogP contribution in [0.25, 0.3) is 5.69 Å². The van der Waals surface area contributed by atoms with Crippen molar-refractivity contribution in [3.63, 3.8) is 0 Å². The van der Waals surface area contributed by atoms with Gasteiger partial charge in [0.05, 0.1) is 22.0 Å². The maximum absolute atomic E-state index is 10.8. The lowest BCUT2D eigenvalue weighted by Crippen LogP contribution is -2.09. The summed E-state index contributed by atoms with van der Waals surface area (Å²) in [4.78, 5) is 19.2. The number of nitro benzene ring substituents is 1. The zero-order valence-corrected chi connectivity index (χ0v) is 12.5. The zero-order valence-electron chi connectivity index (χ0n) is 12.5. The molecule has 4 rings (SSSR count). The SMILES string of the molecule is O=[N+]([O-])c1ccc(-n2cccc2C2=NC=CC2=C2C=CC=N2)cc1. The van der Waals surface area contributed by atoms with Crippen LogP contribution in [0, 0.1) is 10.1 Å². The van der Waals surface area contributed by atoms with Crippen LogP contribution in [0.4, 0.5) is 5.69 Å². The molecule has 2 aliphatic rings. The largest absolute Gasteiger partial charge is 0.315 e. The molecule has 2 aromatic rings. The Balaban J connectivity index is 1.76. The van der Waals surface area contributed by atoms with E-state index < -0.39 is 4.92 Å². The van der Waals surface area contributed by atoms with Crippen LogP contribution in [0.15, 0.2) is 88.3 Å². The lowest BCUT2D eigenvalue weighted by molar-refractivity contribution is -0.384. The Kier molecular flexibility index (Phi) is 3.28. The van der Waals surface area contributed by atoms with Gasteiger partial charge >= 0.3 is 0 Å². The number of hydrogen-bond acceptors (Lipinski definition) is 4. The molecule has 6 heteroatoms. The van der Waals surface area contributed by atoms with Gasteiger partial charge in [-0.05, 0) is 42.5 Å². The van der Waals surface area contributed by atoms with Crippen LogP contribution in [0.1, 0.15) is 5.69 Å². The van der Waals surface area contributed by atoms with E-state index in [4.69, 9.17) is 0 Å². The lowest BCUT2D eigenvalue weighted by Gasteiger charge is -2.11. The van der Waals surface area contributed by atoms with E-state index in [1.54, 1.807) is 24.5 Å². The molecule has 1 aromatic carbocycles. The van der Waals surface area contributed by atoms with Gasteiger partial charge in [-0.1, -0.05) is 0 Å². The summed E-state index contributed by atoms with van der Waals surface area (Å²) >= 11 is 0. The predicted octanol–water partition coefficient (Wildman–Crippen LogP) is 3.60. The number of hydrogen-bond donors (Lipinski definition) is 0. The van der Waals surface area contributed by atoms with Crippen molar-refractivity contribution in [2.24, 2.45) is 9.98 Å². The van der Waals surface area contributed by atoms with Gasteiger partial charge in [0.1, 0.15) is 0 Å². The van der Waals surface area contributed by atoms with Crippen molar-refractivity contribution in [2.75, 3.05) is 0 Å². The number of rotatable bonds is 3. The van der Waals surface area contributed by atoms with Gasteiger partial charge in [0.25, 0.3) is 5.69 Å². The van der Waals surface area contributed by atoms with E-state index in [2.05, 4.69) is 9.98 Å². The molecule has 0 aliphatic carbocycles. The molecule has 0 saturated carbocycles. The van der Waals surface area contributed by atoms with Crippen LogP contribution in [-0.2, 0) is 0 Å². The first-order chi connectivity index (χ1) is 11.7. The third kappa shape index (κ3) is 2.30. The van der Waals surface area contributed by atoms with Crippen molar-refractivity contribution in [3.05, 3.63) is 94.1 Å². The number of allylic oxidation sites excluding steroid dienone is 4. The van der Waals surface area contributed by atoms with E-state index >= 15 is 0 Å². The first kappa shape index (κ1) is 14.1. The van der Waals surface area contributed by atoms with Crippen molar-refractivity contribution in [2.45, 2.75) is 0 Å². The predicted molar refractivity (Wildman–Crippen MR) is 92.8 cm³/mol. The summed E-state index contributed by atoms with van der Waals surface area (Å²) in [6.45, 7) is 0. The molecule has 0 amide bonds. The molecule has 6 nitrogen and oxygen atoms in total. The van der Waals surface area contributed by atoms with Crippen LogP contribution < -0.4 is 0 Å². The highest BCUT2D eigenvalue weighted by Crippen LogP contribution is 2.25. The Morgan fingerprint density at radius 3 is 2.62 bits per heavy atom. The molecule has 0 saturated heterocycles. The minimum absolute atomic E-state index is 0.0700. The van der Waals surface area contributed by atoms with Gasteiger partial charge in [-0.25, -0.2) is 0 Å². The average molecular weight is 316 g/mol. The third-order valence-electron chi connectivity index (χ3n) is 3.86. The van der Waals surface area contributed by atoms with E-state index in [-0.39, 0.29) is 5.69 Å². The van der Waals surface area contributed by atoms with Gasteiger partial charge in [-0.2, -0.15) is 0 Å². The molecule has 3 heterocycles. The molecule has 0 atom stereocenters. The fourth-order valence-corrected chi connectivity index (χ4v) is 2.74. The van der Waals surface area contributed by atoms with Gasteiger partial charge in [0.2, 0.25) is 0 Å². The van der Waals surface area contributed by atoms with Crippen LogP contribution >= 0.6 is 0 Å².